The van der Waals surface area contributed by atoms with E-state index in [2.05, 4.69) is 59.9 Å². The van der Waals surface area contributed by atoms with Gasteiger partial charge in [-0.1, -0.05) is 111 Å². The molecule has 2 heteroatoms. The van der Waals surface area contributed by atoms with Crippen LogP contribution in [0, 0.1) is 29.1 Å². The van der Waals surface area contributed by atoms with Gasteiger partial charge in [0.2, 0.25) is 0 Å². The van der Waals surface area contributed by atoms with Crippen molar-refractivity contribution < 1.29 is 9.53 Å². The van der Waals surface area contributed by atoms with E-state index in [1.165, 1.54) is 88.2 Å². The lowest BCUT2D eigenvalue weighted by Gasteiger charge is -2.49. The molecule has 0 radical (unpaired) electrons. The number of allylic oxidation sites excluding steroid dienone is 5. The minimum atomic E-state index is -0.190. The van der Waals surface area contributed by atoms with Crippen molar-refractivity contribution in [3.05, 3.63) is 47.6 Å². The minimum Gasteiger partial charge on any atom is -0.463 e. The molecule has 0 aromatic heterocycles. The van der Waals surface area contributed by atoms with Crippen molar-refractivity contribution in [1.82, 2.24) is 0 Å². The van der Waals surface area contributed by atoms with Crippen LogP contribution in [0.3, 0.4) is 0 Å². The minimum absolute atomic E-state index is 0. The maximum Gasteiger partial charge on any atom is 0.333 e. The molecule has 2 rings (SSSR count). The second-order valence-corrected chi connectivity index (χ2v) is 12.7. The van der Waals surface area contributed by atoms with Gasteiger partial charge in [0.15, 0.2) is 0 Å². The van der Waals surface area contributed by atoms with Gasteiger partial charge in [-0.25, -0.2) is 4.79 Å². The van der Waals surface area contributed by atoms with Gasteiger partial charge in [-0.05, 0) is 106 Å². The molecule has 2 aliphatic rings. The van der Waals surface area contributed by atoms with E-state index in [4.69, 9.17) is 4.74 Å². The van der Waals surface area contributed by atoms with Crippen LogP contribution in [0.5, 0.6) is 0 Å². The Morgan fingerprint density at radius 2 is 1.74 bits per heavy atom. The van der Waals surface area contributed by atoms with Crippen molar-refractivity contribution in [1.29, 1.82) is 0 Å². The largest absolute Gasteiger partial charge is 0.463 e. The Morgan fingerprint density at radius 1 is 1.03 bits per heavy atom. The molecule has 5 atom stereocenters. The van der Waals surface area contributed by atoms with Gasteiger partial charge in [0.1, 0.15) is 0 Å². The first-order valence-corrected chi connectivity index (χ1v) is 16.1. The van der Waals surface area contributed by atoms with E-state index in [9.17, 15) is 4.79 Å². The molecule has 2 saturated carbocycles. The van der Waals surface area contributed by atoms with Gasteiger partial charge in [0.25, 0.3) is 0 Å². The summed E-state index contributed by atoms with van der Waals surface area (Å²) in [4.78, 5) is 12.5. The summed E-state index contributed by atoms with van der Waals surface area (Å²) in [6, 6.07) is 0. The van der Waals surface area contributed by atoms with Crippen LogP contribution in [0.1, 0.15) is 145 Å². The number of esters is 1. The van der Waals surface area contributed by atoms with Crippen LogP contribution in [-0.4, -0.2) is 12.6 Å². The smallest absolute Gasteiger partial charge is 0.333 e. The molecule has 2 fully saturated rings. The predicted octanol–water partition coefficient (Wildman–Crippen LogP) is 11.6. The van der Waals surface area contributed by atoms with Crippen molar-refractivity contribution >= 4 is 5.97 Å². The molecule has 0 saturated heterocycles. The van der Waals surface area contributed by atoms with Gasteiger partial charge in [-0.3, -0.25) is 0 Å². The number of unbranched alkanes of at least 4 members (excludes halogenated alkanes) is 3. The van der Waals surface area contributed by atoms with E-state index in [1.807, 2.05) is 6.92 Å². The first-order chi connectivity index (χ1) is 18.2. The van der Waals surface area contributed by atoms with Crippen LogP contribution in [-0.2, 0) is 9.53 Å². The summed E-state index contributed by atoms with van der Waals surface area (Å²) in [6.45, 7) is 23.0. The van der Waals surface area contributed by atoms with Crippen LogP contribution in [0.15, 0.2) is 47.6 Å². The van der Waals surface area contributed by atoms with Gasteiger partial charge >= 0.3 is 5.97 Å². The van der Waals surface area contributed by atoms with Gasteiger partial charge in [-0.2, -0.15) is 0 Å². The van der Waals surface area contributed by atoms with Crippen LogP contribution in [0.4, 0.5) is 0 Å². The third-order valence-electron chi connectivity index (χ3n) is 10.2. The van der Waals surface area contributed by atoms with Crippen molar-refractivity contribution in [2.45, 2.75) is 145 Å². The maximum atomic E-state index is 12.5. The van der Waals surface area contributed by atoms with Gasteiger partial charge < -0.3 is 4.74 Å². The summed E-state index contributed by atoms with van der Waals surface area (Å²) in [6.07, 6.45) is 23.1. The van der Waals surface area contributed by atoms with Crippen LogP contribution >= 0.6 is 0 Å². The molecule has 0 N–H and O–H groups in total. The molecular formula is C37H64O2. The van der Waals surface area contributed by atoms with E-state index in [0.29, 0.717) is 35.3 Å². The number of carbonyl (C=O) groups is 1. The Kier molecular flexibility index (Phi) is 16.3. The molecule has 39 heavy (non-hydrogen) atoms. The van der Waals surface area contributed by atoms with Crippen LogP contribution < -0.4 is 0 Å². The van der Waals surface area contributed by atoms with Crippen LogP contribution in [0.2, 0.25) is 0 Å². The number of carbonyl (C=O) groups excluding carboxylic acids is 1. The summed E-state index contributed by atoms with van der Waals surface area (Å²) in [5.41, 5.74) is 5.49. The van der Waals surface area contributed by atoms with E-state index in [0.717, 1.165) is 19.3 Å². The quantitative estimate of drug-likeness (QED) is 0.117. The molecule has 0 aromatic rings. The molecule has 0 aromatic carbocycles. The van der Waals surface area contributed by atoms with Gasteiger partial charge in [-0.15, -0.1) is 0 Å². The summed E-state index contributed by atoms with van der Waals surface area (Å²) < 4.78 is 5.34. The average Bonchev–Trinajstić information content (AvgIpc) is 2.90. The normalized spacial score (nSPS) is 26.1. The Hall–Kier alpha value is -1.57. The van der Waals surface area contributed by atoms with E-state index >= 15 is 0 Å². The van der Waals surface area contributed by atoms with Crippen LogP contribution in [0.25, 0.3) is 0 Å². The third-order valence-corrected chi connectivity index (χ3v) is 10.2. The second kappa shape index (κ2) is 18.0. The summed E-state index contributed by atoms with van der Waals surface area (Å²) in [5, 5.41) is 0. The number of rotatable bonds is 15. The maximum absolute atomic E-state index is 12.5. The lowest BCUT2D eigenvalue weighted by molar-refractivity contribution is -0.139. The topological polar surface area (TPSA) is 26.3 Å². The average molecular weight is 541 g/mol. The molecule has 4 unspecified atom stereocenters. The lowest BCUT2D eigenvalue weighted by Crippen LogP contribution is -2.40. The summed E-state index contributed by atoms with van der Waals surface area (Å²) >= 11 is 0. The van der Waals surface area contributed by atoms with Crippen molar-refractivity contribution in [3.8, 4) is 0 Å². The monoisotopic (exact) mass is 540 g/mol. The Labute approximate surface area is 243 Å². The molecule has 0 aliphatic heterocycles. The fraction of sp³-hybridized carbons (Fsp3) is 0.757. The zero-order chi connectivity index (χ0) is 28.1. The van der Waals surface area contributed by atoms with Gasteiger partial charge in [0.05, 0.1) is 6.61 Å². The zero-order valence-electron chi connectivity index (χ0n) is 26.0. The Morgan fingerprint density at radius 3 is 2.38 bits per heavy atom. The number of hydrogen-bond donors (Lipinski definition) is 0. The highest BCUT2D eigenvalue weighted by atomic mass is 16.5. The number of ether oxygens (including phenoxy) is 1. The lowest BCUT2D eigenvalue weighted by atomic mass is 9.56. The molecule has 0 spiro atoms. The van der Waals surface area contributed by atoms with E-state index in [1.54, 1.807) is 5.57 Å². The standard InChI is InChI=1S/C36H60O2.CH4/c1-9-12-13-14-20-32(29(6)35(37)38-11-3)23-22-28(5)34(10-2)36(8)26-17-21-33(30(36)7)25-24-31-19-16-15-18-27(31)4;/h24-25,28,30,32,34H,4,6,9-23,26H2,1-3,5,7-8H3;1H4/b31-24-,33-25+;/t28-,30?,32?,34?,36?;/m1./s1. The highest BCUT2D eigenvalue weighted by Gasteiger charge is 2.43. The van der Waals surface area contributed by atoms with Crippen molar-refractivity contribution in [3.63, 3.8) is 0 Å². The van der Waals surface area contributed by atoms with E-state index < -0.39 is 0 Å². The predicted molar refractivity (Wildman–Crippen MR) is 172 cm³/mol. The highest BCUT2D eigenvalue weighted by molar-refractivity contribution is 5.88. The Bertz CT molecular complexity index is 830. The Balaban J connectivity index is 0.00000760. The SMILES string of the molecule is C.C=C1CCCC/C1=C/C=C1\CCCC(C)(C(CC)[C@H](C)CCC(CCCCCC)C(=C)C(=O)OCC)C1C. The zero-order valence-corrected chi connectivity index (χ0v) is 26.0. The molecule has 0 heterocycles. The highest BCUT2D eigenvalue weighted by Crippen LogP contribution is 2.53. The summed E-state index contributed by atoms with van der Waals surface area (Å²) in [5.74, 6) is 1.95. The van der Waals surface area contributed by atoms with Crippen molar-refractivity contribution in [2.75, 3.05) is 6.61 Å². The number of hydrogen-bond acceptors (Lipinski definition) is 2. The fourth-order valence-corrected chi connectivity index (χ4v) is 7.55. The second-order valence-electron chi connectivity index (χ2n) is 12.7. The summed E-state index contributed by atoms with van der Waals surface area (Å²) in [7, 11) is 0. The first-order valence-electron chi connectivity index (χ1n) is 16.1. The van der Waals surface area contributed by atoms with E-state index in [-0.39, 0.29) is 19.3 Å². The third kappa shape index (κ3) is 10.1. The molecule has 2 aliphatic carbocycles. The fourth-order valence-electron chi connectivity index (χ4n) is 7.55. The molecule has 224 valence electrons. The molecular weight excluding hydrogens is 476 g/mol. The molecule has 2 nitrogen and oxygen atoms in total. The van der Waals surface area contributed by atoms with Gasteiger partial charge in [0, 0.05) is 5.57 Å². The molecule has 0 bridgehead atoms. The molecule has 0 amide bonds. The van der Waals surface area contributed by atoms with Crippen molar-refractivity contribution in [2.24, 2.45) is 29.1 Å². The first kappa shape index (κ1) is 35.5.